The van der Waals surface area contributed by atoms with E-state index in [1.54, 1.807) is 11.8 Å². The number of hydrogen-bond donors (Lipinski definition) is 2. The quantitative estimate of drug-likeness (QED) is 0.740. The number of carbonyl (C=O) groups is 1. The van der Waals surface area contributed by atoms with Gasteiger partial charge in [0.2, 0.25) is 5.95 Å². The Labute approximate surface area is 141 Å². The maximum absolute atomic E-state index is 13.5. The van der Waals surface area contributed by atoms with Gasteiger partial charge in [0.05, 0.1) is 0 Å². The topological polar surface area (TPSA) is 73.4 Å². The molecule has 25 heavy (non-hydrogen) atoms. The molecular weight excluding hydrogens is 344 g/mol. The summed E-state index contributed by atoms with van der Waals surface area (Å²) in [4.78, 5) is 22.6. The standard InChI is InChI=1S/C14H18F4N6O/c1-8-10(15)11(25)22-13(20-8)24-6-4-23(5-7-24)12-19-3-2-9(21-12)14(16,17)18/h2-3,8,10,13,20H,4-7H2,1H3,(H,22,25). The van der Waals surface area contributed by atoms with Crippen LogP contribution in [-0.4, -0.2) is 65.5 Å². The first-order valence-corrected chi connectivity index (χ1v) is 7.85. The van der Waals surface area contributed by atoms with E-state index in [-0.39, 0.29) is 5.95 Å². The van der Waals surface area contributed by atoms with Gasteiger partial charge in [0, 0.05) is 38.4 Å². The molecule has 0 saturated carbocycles. The molecule has 0 radical (unpaired) electrons. The van der Waals surface area contributed by atoms with Gasteiger partial charge in [-0.15, -0.1) is 0 Å². The summed E-state index contributed by atoms with van der Waals surface area (Å²) in [6, 6.07) is 0.222. The van der Waals surface area contributed by atoms with Crippen LogP contribution in [0.1, 0.15) is 12.6 Å². The van der Waals surface area contributed by atoms with Gasteiger partial charge in [0.1, 0.15) is 12.0 Å². The summed E-state index contributed by atoms with van der Waals surface area (Å²) in [6.07, 6.45) is -5.53. The van der Waals surface area contributed by atoms with Crippen molar-refractivity contribution in [3.8, 4) is 0 Å². The summed E-state index contributed by atoms with van der Waals surface area (Å²) < 4.78 is 51.8. The van der Waals surface area contributed by atoms with Crippen molar-refractivity contribution in [2.24, 2.45) is 0 Å². The average Bonchev–Trinajstić information content (AvgIpc) is 2.59. The van der Waals surface area contributed by atoms with Crippen molar-refractivity contribution in [3.05, 3.63) is 18.0 Å². The number of amides is 1. The molecule has 1 aromatic rings. The second-order valence-corrected chi connectivity index (χ2v) is 6.03. The molecule has 2 saturated heterocycles. The maximum Gasteiger partial charge on any atom is 0.433 e. The van der Waals surface area contributed by atoms with Crippen molar-refractivity contribution in [1.82, 2.24) is 25.5 Å². The number of nitrogens with one attached hydrogen (secondary N) is 2. The van der Waals surface area contributed by atoms with E-state index in [2.05, 4.69) is 20.6 Å². The third-order valence-electron chi connectivity index (χ3n) is 4.28. The summed E-state index contributed by atoms with van der Waals surface area (Å²) in [7, 11) is 0. The summed E-state index contributed by atoms with van der Waals surface area (Å²) in [5, 5.41) is 5.52. The number of nitrogens with zero attached hydrogens (tertiary/aromatic N) is 4. The molecule has 2 aliphatic rings. The van der Waals surface area contributed by atoms with Crippen LogP contribution in [0.3, 0.4) is 0 Å². The van der Waals surface area contributed by atoms with Crippen LogP contribution in [0.25, 0.3) is 0 Å². The molecule has 7 nitrogen and oxygen atoms in total. The number of anilines is 1. The predicted octanol–water partition coefficient (Wildman–Crippen LogP) is 0.347. The minimum absolute atomic E-state index is 0.0207. The normalized spacial score (nSPS) is 28.8. The van der Waals surface area contributed by atoms with E-state index in [1.807, 2.05) is 4.90 Å². The van der Waals surface area contributed by atoms with Crippen molar-refractivity contribution in [1.29, 1.82) is 0 Å². The number of piperazine rings is 1. The molecule has 0 spiro atoms. The van der Waals surface area contributed by atoms with Gasteiger partial charge in [-0.05, 0) is 13.0 Å². The molecule has 3 unspecified atom stereocenters. The molecule has 138 valence electrons. The van der Waals surface area contributed by atoms with Gasteiger partial charge in [0.15, 0.2) is 6.17 Å². The molecule has 11 heteroatoms. The molecule has 1 amide bonds. The van der Waals surface area contributed by atoms with Crippen molar-refractivity contribution in [3.63, 3.8) is 0 Å². The zero-order chi connectivity index (χ0) is 18.2. The lowest BCUT2D eigenvalue weighted by atomic mass is 10.1. The zero-order valence-corrected chi connectivity index (χ0v) is 13.4. The summed E-state index contributed by atoms with van der Waals surface area (Å²) >= 11 is 0. The number of alkyl halides is 4. The van der Waals surface area contributed by atoms with Gasteiger partial charge in [0.25, 0.3) is 5.91 Å². The lowest BCUT2D eigenvalue weighted by Crippen LogP contribution is -2.69. The minimum atomic E-state index is -4.52. The fourth-order valence-electron chi connectivity index (χ4n) is 2.85. The Morgan fingerprint density at radius 2 is 1.92 bits per heavy atom. The van der Waals surface area contributed by atoms with Crippen LogP contribution in [0.15, 0.2) is 12.3 Å². The Balaban J connectivity index is 1.62. The Hall–Kier alpha value is -2.01. The van der Waals surface area contributed by atoms with E-state index >= 15 is 0 Å². The summed E-state index contributed by atoms with van der Waals surface area (Å²) in [5.74, 6) is -0.646. The van der Waals surface area contributed by atoms with Crippen LogP contribution in [0.5, 0.6) is 0 Å². The monoisotopic (exact) mass is 362 g/mol. The highest BCUT2D eigenvalue weighted by Crippen LogP contribution is 2.28. The largest absolute Gasteiger partial charge is 0.433 e. The van der Waals surface area contributed by atoms with E-state index in [1.165, 1.54) is 0 Å². The molecule has 2 aliphatic heterocycles. The van der Waals surface area contributed by atoms with E-state index in [0.29, 0.717) is 26.2 Å². The van der Waals surface area contributed by atoms with E-state index < -0.39 is 36.3 Å². The first kappa shape index (κ1) is 17.8. The number of halogens is 4. The van der Waals surface area contributed by atoms with Crippen LogP contribution in [0, 0.1) is 0 Å². The second-order valence-electron chi connectivity index (χ2n) is 6.03. The number of hydrogen-bond acceptors (Lipinski definition) is 6. The number of carbonyl (C=O) groups excluding carboxylic acids is 1. The number of aromatic nitrogens is 2. The van der Waals surface area contributed by atoms with Crippen LogP contribution < -0.4 is 15.5 Å². The van der Waals surface area contributed by atoms with Gasteiger partial charge in [-0.3, -0.25) is 15.0 Å². The highest BCUT2D eigenvalue weighted by molar-refractivity contribution is 5.82. The van der Waals surface area contributed by atoms with E-state index in [0.717, 1.165) is 12.3 Å². The first-order chi connectivity index (χ1) is 11.8. The van der Waals surface area contributed by atoms with Gasteiger partial charge < -0.3 is 10.2 Å². The Bertz CT molecular complexity index is 634. The highest BCUT2D eigenvalue weighted by Gasteiger charge is 2.37. The Morgan fingerprint density at radius 1 is 1.24 bits per heavy atom. The summed E-state index contributed by atoms with van der Waals surface area (Å²) in [5.41, 5.74) is -0.982. The molecular formula is C14H18F4N6O. The van der Waals surface area contributed by atoms with Crippen molar-refractivity contribution < 1.29 is 22.4 Å². The molecule has 0 bridgehead atoms. The zero-order valence-electron chi connectivity index (χ0n) is 13.4. The fourth-order valence-corrected chi connectivity index (χ4v) is 2.85. The lowest BCUT2D eigenvalue weighted by Gasteiger charge is -2.43. The Morgan fingerprint density at radius 3 is 2.52 bits per heavy atom. The molecule has 1 aromatic heterocycles. The Kier molecular flexibility index (Phi) is 4.78. The van der Waals surface area contributed by atoms with Gasteiger partial charge in [-0.2, -0.15) is 13.2 Å². The molecule has 2 fully saturated rings. The minimum Gasteiger partial charge on any atom is -0.338 e. The fraction of sp³-hybridized carbons (Fsp3) is 0.643. The molecule has 0 aromatic carbocycles. The van der Waals surface area contributed by atoms with Crippen LogP contribution in [-0.2, 0) is 11.0 Å². The molecule has 0 aliphatic carbocycles. The van der Waals surface area contributed by atoms with Crippen molar-refractivity contribution in [2.45, 2.75) is 31.6 Å². The van der Waals surface area contributed by atoms with Gasteiger partial charge >= 0.3 is 6.18 Å². The van der Waals surface area contributed by atoms with Crippen LogP contribution in [0.2, 0.25) is 0 Å². The first-order valence-electron chi connectivity index (χ1n) is 7.85. The predicted molar refractivity (Wildman–Crippen MR) is 80.2 cm³/mol. The van der Waals surface area contributed by atoms with Gasteiger partial charge in [-0.25, -0.2) is 14.4 Å². The third-order valence-corrected chi connectivity index (χ3v) is 4.28. The van der Waals surface area contributed by atoms with Crippen LogP contribution >= 0.6 is 0 Å². The van der Waals surface area contributed by atoms with E-state index in [4.69, 9.17) is 0 Å². The molecule has 3 heterocycles. The van der Waals surface area contributed by atoms with Gasteiger partial charge in [-0.1, -0.05) is 0 Å². The molecule has 2 N–H and O–H groups in total. The van der Waals surface area contributed by atoms with Crippen LogP contribution in [0.4, 0.5) is 23.5 Å². The second kappa shape index (κ2) is 6.71. The summed E-state index contributed by atoms with van der Waals surface area (Å²) in [6.45, 7) is 3.29. The maximum atomic E-state index is 13.5. The smallest absolute Gasteiger partial charge is 0.338 e. The molecule has 3 rings (SSSR count). The lowest BCUT2D eigenvalue weighted by molar-refractivity contribution is -0.141. The van der Waals surface area contributed by atoms with Crippen molar-refractivity contribution >= 4 is 11.9 Å². The molecule has 3 atom stereocenters. The van der Waals surface area contributed by atoms with E-state index in [9.17, 15) is 22.4 Å². The van der Waals surface area contributed by atoms with Crippen molar-refractivity contribution in [2.75, 3.05) is 31.1 Å². The average molecular weight is 362 g/mol. The third kappa shape index (κ3) is 3.82. The SMILES string of the molecule is CC1NC(N2CCN(c3nccc(C(F)(F)F)n3)CC2)NC(=O)C1F. The number of rotatable bonds is 2. The highest BCUT2D eigenvalue weighted by atomic mass is 19.4.